The summed E-state index contributed by atoms with van der Waals surface area (Å²) in [5, 5.41) is 2.44. The predicted molar refractivity (Wildman–Crippen MR) is 66.2 cm³/mol. The summed E-state index contributed by atoms with van der Waals surface area (Å²) >= 11 is 2.86. The Morgan fingerprint density at radius 1 is 1.38 bits per heavy atom. The fourth-order valence-electron chi connectivity index (χ4n) is 1.10. The second kappa shape index (κ2) is 5.31. The average Bonchev–Trinajstić information content (AvgIpc) is 2.28. The Bertz CT molecular complexity index is 487. The highest BCUT2D eigenvalue weighted by atomic mass is 79.9. The van der Waals surface area contributed by atoms with E-state index in [4.69, 9.17) is 0 Å². The molecule has 0 saturated carbocycles. The van der Waals surface area contributed by atoms with E-state index in [1.165, 1.54) is 13.1 Å². The van der Waals surface area contributed by atoms with Crippen molar-refractivity contribution in [2.24, 2.45) is 0 Å². The molecule has 0 atom stereocenters. The van der Waals surface area contributed by atoms with Gasteiger partial charge in [0.25, 0.3) is 5.91 Å². The Morgan fingerprint density at radius 2 is 2.00 bits per heavy atom. The van der Waals surface area contributed by atoms with Gasteiger partial charge in [0, 0.05) is 7.05 Å². The van der Waals surface area contributed by atoms with E-state index >= 15 is 0 Å². The van der Waals surface area contributed by atoms with Crippen LogP contribution in [0.1, 0.15) is 10.4 Å². The van der Waals surface area contributed by atoms with E-state index in [9.17, 15) is 13.2 Å². The Labute approximate surface area is 102 Å². The second-order valence-corrected chi connectivity index (χ2v) is 5.98. The standard InChI is InChI=1S/C9H11BrN2O3S/c1-11-9(13)7-4-2-3-5-8(7)12-16(14,15)6-10/h2-5,12H,6H2,1H3,(H,11,13). The van der Waals surface area contributed by atoms with E-state index in [0.717, 1.165) is 0 Å². The van der Waals surface area contributed by atoms with Gasteiger partial charge in [-0.2, -0.15) is 0 Å². The Kier molecular flexibility index (Phi) is 4.31. The molecule has 0 spiro atoms. The second-order valence-electron chi connectivity index (χ2n) is 2.95. The average molecular weight is 307 g/mol. The summed E-state index contributed by atoms with van der Waals surface area (Å²) < 4.78 is 24.8. The number of sulfonamides is 1. The van der Waals surface area contributed by atoms with Gasteiger partial charge in [-0.15, -0.1) is 0 Å². The van der Waals surface area contributed by atoms with Crippen LogP contribution in [0.4, 0.5) is 5.69 Å². The zero-order valence-corrected chi connectivity index (χ0v) is 10.9. The third-order valence-corrected chi connectivity index (χ3v) is 4.43. The number of benzene rings is 1. The summed E-state index contributed by atoms with van der Waals surface area (Å²) in [6, 6.07) is 6.39. The molecule has 0 saturated heterocycles. The fourth-order valence-corrected chi connectivity index (χ4v) is 2.01. The van der Waals surface area contributed by atoms with E-state index in [2.05, 4.69) is 26.0 Å². The number of para-hydroxylation sites is 1. The number of nitrogens with one attached hydrogen (secondary N) is 2. The third kappa shape index (κ3) is 3.21. The molecule has 1 rings (SSSR count). The highest BCUT2D eigenvalue weighted by Gasteiger charge is 2.14. The van der Waals surface area contributed by atoms with Gasteiger partial charge < -0.3 is 5.32 Å². The zero-order chi connectivity index (χ0) is 12.2. The summed E-state index contributed by atoms with van der Waals surface area (Å²) in [5.41, 5.74) is 0.552. The van der Waals surface area contributed by atoms with Crippen LogP contribution in [-0.2, 0) is 10.0 Å². The van der Waals surface area contributed by atoms with Gasteiger partial charge in [-0.25, -0.2) is 8.42 Å². The first kappa shape index (κ1) is 13.0. The number of hydrogen-bond donors (Lipinski definition) is 2. The normalized spacial score (nSPS) is 10.9. The van der Waals surface area contributed by atoms with Crippen LogP contribution in [0.2, 0.25) is 0 Å². The molecule has 2 N–H and O–H groups in total. The van der Waals surface area contributed by atoms with E-state index in [1.54, 1.807) is 18.2 Å². The highest BCUT2D eigenvalue weighted by molar-refractivity contribution is 9.10. The van der Waals surface area contributed by atoms with Crippen LogP contribution in [0.5, 0.6) is 0 Å². The molecule has 0 heterocycles. The maximum Gasteiger partial charge on any atom is 0.253 e. The zero-order valence-electron chi connectivity index (χ0n) is 8.53. The van der Waals surface area contributed by atoms with Gasteiger partial charge in [0.15, 0.2) is 0 Å². The van der Waals surface area contributed by atoms with Crippen molar-refractivity contribution in [2.45, 2.75) is 0 Å². The molecular weight excluding hydrogens is 296 g/mol. The van der Waals surface area contributed by atoms with Crippen molar-refractivity contribution < 1.29 is 13.2 Å². The van der Waals surface area contributed by atoms with Crippen LogP contribution in [-0.4, -0.2) is 26.0 Å². The molecule has 0 unspecified atom stereocenters. The van der Waals surface area contributed by atoms with E-state index < -0.39 is 10.0 Å². The molecule has 88 valence electrons. The van der Waals surface area contributed by atoms with Gasteiger partial charge in [0.2, 0.25) is 10.0 Å². The number of carbonyl (C=O) groups excluding carboxylic acids is 1. The highest BCUT2D eigenvalue weighted by Crippen LogP contribution is 2.16. The minimum Gasteiger partial charge on any atom is -0.355 e. The fraction of sp³-hybridized carbons (Fsp3) is 0.222. The lowest BCUT2D eigenvalue weighted by Crippen LogP contribution is -2.21. The Balaban J connectivity index is 3.10. The van der Waals surface area contributed by atoms with Crippen LogP contribution >= 0.6 is 15.9 Å². The molecule has 0 radical (unpaired) electrons. The number of carbonyl (C=O) groups is 1. The first-order valence-corrected chi connectivity index (χ1v) is 7.15. The van der Waals surface area contributed by atoms with Crippen molar-refractivity contribution in [3.05, 3.63) is 29.8 Å². The maximum atomic E-state index is 11.5. The Morgan fingerprint density at radius 3 is 2.56 bits per heavy atom. The lowest BCUT2D eigenvalue weighted by atomic mass is 10.2. The van der Waals surface area contributed by atoms with Crippen LogP contribution in [0.15, 0.2) is 24.3 Å². The largest absolute Gasteiger partial charge is 0.355 e. The van der Waals surface area contributed by atoms with Crippen LogP contribution < -0.4 is 10.0 Å². The summed E-state index contributed by atoms with van der Waals surface area (Å²) in [5.74, 6) is -0.340. The molecule has 1 amide bonds. The topological polar surface area (TPSA) is 75.3 Å². The SMILES string of the molecule is CNC(=O)c1ccccc1NS(=O)(=O)CBr. The summed E-state index contributed by atoms with van der Waals surface area (Å²) in [7, 11) is -1.97. The molecule has 0 aliphatic carbocycles. The van der Waals surface area contributed by atoms with Gasteiger partial charge in [-0.05, 0) is 12.1 Å². The number of halogens is 1. The van der Waals surface area contributed by atoms with E-state index in [0.29, 0.717) is 0 Å². The van der Waals surface area contributed by atoms with Gasteiger partial charge in [0.05, 0.1) is 11.3 Å². The van der Waals surface area contributed by atoms with Gasteiger partial charge >= 0.3 is 0 Å². The minimum atomic E-state index is -3.45. The molecule has 0 aliphatic heterocycles. The quantitative estimate of drug-likeness (QED) is 0.819. The lowest BCUT2D eigenvalue weighted by molar-refractivity contribution is 0.0964. The van der Waals surface area contributed by atoms with Crippen LogP contribution in [0.25, 0.3) is 0 Å². The molecule has 0 aliphatic rings. The molecule has 0 aromatic heterocycles. The molecular formula is C9H11BrN2O3S. The van der Waals surface area contributed by atoms with Crippen molar-refractivity contribution in [3.63, 3.8) is 0 Å². The molecule has 5 nitrogen and oxygen atoms in total. The summed E-state index contributed by atoms with van der Waals surface area (Å²) in [4.78, 5) is 11.5. The van der Waals surface area contributed by atoms with Gasteiger partial charge in [0.1, 0.15) is 4.66 Å². The molecule has 16 heavy (non-hydrogen) atoms. The van der Waals surface area contributed by atoms with Gasteiger partial charge in [-0.1, -0.05) is 28.1 Å². The molecule has 1 aromatic carbocycles. The molecule has 0 fully saturated rings. The molecule has 1 aromatic rings. The van der Waals surface area contributed by atoms with Crippen molar-refractivity contribution in [1.29, 1.82) is 0 Å². The first-order valence-electron chi connectivity index (χ1n) is 4.37. The van der Waals surface area contributed by atoms with Crippen molar-refractivity contribution in [2.75, 3.05) is 16.4 Å². The number of hydrogen-bond acceptors (Lipinski definition) is 3. The first-order chi connectivity index (χ1) is 7.50. The van der Waals surface area contributed by atoms with Crippen molar-refractivity contribution >= 4 is 37.5 Å². The van der Waals surface area contributed by atoms with Crippen LogP contribution in [0.3, 0.4) is 0 Å². The van der Waals surface area contributed by atoms with Crippen LogP contribution in [0, 0.1) is 0 Å². The monoisotopic (exact) mass is 306 g/mol. The van der Waals surface area contributed by atoms with Crippen molar-refractivity contribution in [3.8, 4) is 0 Å². The number of rotatable bonds is 4. The number of amides is 1. The lowest BCUT2D eigenvalue weighted by Gasteiger charge is -2.09. The van der Waals surface area contributed by atoms with Gasteiger partial charge in [-0.3, -0.25) is 9.52 Å². The summed E-state index contributed by atoms with van der Waals surface area (Å²) in [6.07, 6.45) is 0. The number of alkyl halides is 1. The minimum absolute atomic E-state index is 0.220. The smallest absolute Gasteiger partial charge is 0.253 e. The van der Waals surface area contributed by atoms with Crippen molar-refractivity contribution in [1.82, 2.24) is 5.32 Å². The third-order valence-electron chi connectivity index (χ3n) is 1.81. The molecule has 7 heteroatoms. The van der Waals surface area contributed by atoms with E-state index in [1.807, 2.05) is 0 Å². The predicted octanol–water partition coefficient (Wildman–Crippen LogP) is 1.14. The number of anilines is 1. The maximum absolute atomic E-state index is 11.5. The Hall–Kier alpha value is -1.08. The van der Waals surface area contributed by atoms with E-state index in [-0.39, 0.29) is 21.8 Å². The molecule has 0 bridgehead atoms. The summed E-state index contributed by atoms with van der Waals surface area (Å²) in [6.45, 7) is 0.